The molecule has 5 heteroatoms. The van der Waals surface area contributed by atoms with E-state index in [1.54, 1.807) is 24.3 Å². The Balaban J connectivity index is 1.95. The maximum Gasteiger partial charge on any atom is 0.186 e. The second kappa shape index (κ2) is 6.83. The molecule has 122 valence electrons. The van der Waals surface area contributed by atoms with Crippen LogP contribution in [-0.2, 0) is 9.84 Å². The molecule has 4 nitrogen and oxygen atoms in total. The minimum absolute atomic E-state index is 0.144. The first-order chi connectivity index (χ1) is 11.1. The van der Waals surface area contributed by atoms with Crippen LogP contribution in [0.3, 0.4) is 0 Å². The van der Waals surface area contributed by atoms with Gasteiger partial charge in [-0.1, -0.05) is 48.5 Å². The summed E-state index contributed by atoms with van der Waals surface area (Å²) in [5.74, 6) is 0. The molecule has 1 aliphatic heterocycles. The van der Waals surface area contributed by atoms with Crippen LogP contribution in [0.25, 0.3) is 0 Å². The van der Waals surface area contributed by atoms with Crippen molar-refractivity contribution in [2.24, 2.45) is 5.73 Å². The van der Waals surface area contributed by atoms with E-state index < -0.39 is 15.1 Å². The first-order valence-corrected chi connectivity index (χ1v) is 9.44. The van der Waals surface area contributed by atoms with Gasteiger partial charge in [0.15, 0.2) is 9.84 Å². The minimum atomic E-state index is -3.44. The van der Waals surface area contributed by atoms with Gasteiger partial charge in [-0.3, -0.25) is 0 Å². The Morgan fingerprint density at radius 2 is 1.65 bits per heavy atom. The number of sulfone groups is 1. The molecule has 0 aliphatic carbocycles. The molecule has 0 spiro atoms. The molecule has 0 radical (unpaired) electrons. The van der Waals surface area contributed by atoms with E-state index in [4.69, 9.17) is 5.73 Å². The van der Waals surface area contributed by atoms with Gasteiger partial charge in [-0.25, -0.2) is 8.42 Å². The van der Waals surface area contributed by atoms with Gasteiger partial charge in [-0.15, -0.1) is 0 Å². The van der Waals surface area contributed by atoms with Crippen molar-refractivity contribution in [3.63, 3.8) is 0 Å². The van der Waals surface area contributed by atoms with Crippen molar-refractivity contribution < 1.29 is 8.42 Å². The SMILES string of the molecule is NC1CCN(CC(c2ccccc2)S(=O)(=O)c2ccccc2)C1. The van der Waals surface area contributed by atoms with E-state index in [2.05, 4.69) is 4.90 Å². The van der Waals surface area contributed by atoms with E-state index in [-0.39, 0.29) is 6.04 Å². The lowest BCUT2D eigenvalue weighted by Gasteiger charge is -2.24. The smallest absolute Gasteiger partial charge is 0.186 e. The summed E-state index contributed by atoms with van der Waals surface area (Å²) in [6, 6.07) is 18.3. The highest BCUT2D eigenvalue weighted by atomic mass is 32.2. The number of likely N-dealkylation sites (tertiary alicyclic amines) is 1. The van der Waals surface area contributed by atoms with E-state index in [1.807, 2.05) is 36.4 Å². The van der Waals surface area contributed by atoms with E-state index in [9.17, 15) is 8.42 Å². The van der Waals surface area contributed by atoms with Crippen molar-refractivity contribution in [2.75, 3.05) is 19.6 Å². The van der Waals surface area contributed by atoms with E-state index >= 15 is 0 Å². The van der Waals surface area contributed by atoms with Crippen molar-refractivity contribution in [3.8, 4) is 0 Å². The number of hydrogen-bond donors (Lipinski definition) is 1. The van der Waals surface area contributed by atoms with Gasteiger partial charge in [0.1, 0.15) is 5.25 Å². The van der Waals surface area contributed by atoms with Gasteiger partial charge < -0.3 is 10.6 Å². The molecular formula is C18H22N2O2S. The number of benzene rings is 2. The standard InChI is InChI=1S/C18H22N2O2S/c19-16-11-12-20(13-16)14-18(15-7-3-1-4-8-15)23(21,22)17-9-5-2-6-10-17/h1-10,16,18H,11-14,19H2. The number of nitrogens with two attached hydrogens (primary N) is 1. The lowest BCUT2D eigenvalue weighted by atomic mass is 10.1. The molecule has 2 aromatic rings. The molecule has 3 rings (SSSR count). The zero-order valence-electron chi connectivity index (χ0n) is 13.0. The third-order valence-corrected chi connectivity index (χ3v) is 6.45. The molecule has 1 aliphatic rings. The zero-order valence-corrected chi connectivity index (χ0v) is 13.8. The molecular weight excluding hydrogens is 308 g/mol. The quantitative estimate of drug-likeness (QED) is 0.913. The van der Waals surface area contributed by atoms with Crippen LogP contribution in [0.4, 0.5) is 0 Å². The van der Waals surface area contributed by atoms with Gasteiger partial charge >= 0.3 is 0 Å². The van der Waals surface area contributed by atoms with Gasteiger partial charge in [0.2, 0.25) is 0 Å². The monoisotopic (exact) mass is 330 g/mol. The lowest BCUT2D eigenvalue weighted by molar-refractivity contribution is 0.331. The summed E-state index contributed by atoms with van der Waals surface area (Å²) in [6.45, 7) is 2.09. The fourth-order valence-electron chi connectivity index (χ4n) is 3.09. The topological polar surface area (TPSA) is 63.4 Å². The van der Waals surface area contributed by atoms with E-state index in [0.29, 0.717) is 11.4 Å². The van der Waals surface area contributed by atoms with Gasteiger partial charge in [-0.2, -0.15) is 0 Å². The Morgan fingerprint density at radius 3 is 2.22 bits per heavy atom. The molecule has 1 saturated heterocycles. The summed E-state index contributed by atoms with van der Waals surface area (Å²) in [5, 5.41) is -0.573. The Kier molecular flexibility index (Phi) is 4.80. The fourth-order valence-corrected chi connectivity index (χ4v) is 4.88. The molecule has 2 unspecified atom stereocenters. The predicted molar refractivity (Wildman–Crippen MR) is 91.8 cm³/mol. The predicted octanol–water partition coefficient (Wildman–Crippen LogP) is 2.23. The number of hydrogen-bond acceptors (Lipinski definition) is 4. The van der Waals surface area contributed by atoms with Gasteiger partial charge in [-0.05, 0) is 30.7 Å². The Hall–Kier alpha value is -1.69. The highest BCUT2D eigenvalue weighted by Crippen LogP contribution is 2.30. The van der Waals surface area contributed by atoms with Crippen LogP contribution in [0.2, 0.25) is 0 Å². The summed E-state index contributed by atoms with van der Waals surface area (Å²) >= 11 is 0. The molecule has 2 aromatic carbocycles. The van der Waals surface area contributed by atoms with Crippen molar-refractivity contribution >= 4 is 9.84 Å². The second-order valence-corrected chi connectivity index (χ2v) is 8.20. The molecule has 0 aromatic heterocycles. The average molecular weight is 330 g/mol. The Morgan fingerprint density at radius 1 is 1.04 bits per heavy atom. The molecule has 0 amide bonds. The van der Waals surface area contributed by atoms with Crippen molar-refractivity contribution in [3.05, 3.63) is 66.2 Å². The third-order valence-electron chi connectivity index (χ3n) is 4.35. The lowest BCUT2D eigenvalue weighted by Crippen LogP contribution is -2.32. The van der Waals surface area contributed by atoms with Crippen LogP contribution in [-0.4, -0.2) is 39.0 Å². The van der Waals surface area contributed by atoms with Crippen LogP contribution in [0, 0.1) is 0 Å². The summed E-state index contributed by atoms with van der Waals surface area (Å²) in [7, 11) is -3.44. The van der Waals surface area contributed by atoms with Crippen molar-refractivity contribution in [1.29, 1.82) is 0 Å². The van der Waals surface area contributed by atoms with Crippen LogP contribution < -0.4 is 5.73 Å². The number of rotatable bonds is 5. The van der Waals surface area contributed by atoms with E-state index in [0.717, 1.165) is 25.1 Å². The highest BCUT2D eigenvalue weighted by Gasteiger charge is 2.32. The second-order valence-electron chi connectivity index (χ2n) is 6.07. The first-order valence-electron chi connectivity index (χ1n) is 7.89. The van der Waals surface area contributed by atoms with Crippen LogP contribution in [0.15, 0.2) is 65.6 Å². The summed E-state index contributed by atoms with van der Waals surface area (Å²) in [4.78, 5) is 2.53. The zero-order chi connectivity index (χ0) is 16.3. The third kappa shape index (κ3) is 3.63. The summed E-state index contributed by atoms with van der Waals surface area (Å²) in [6.07, 6.45) is 0.924. The normalized spacial score (nSPS) is 20.5. The Labute approximate surface area is 137 Å². The molecule has 2 N–H and O–H groups in total. The maximum atomic E-state index is 13.1. The largest absolute Gasteiger partial charge is 0.326 e. The van der Waals surface area contributed by atoms with Crippen LogP contribution in [0.5, 0.6) is 0 Å². The van der Waals surface area contributed by atoms with Crippen molar-refractivity contribution in [1.82, 2.24) is 4.90 Å². The average Bonchev–Trinajstić information content (AvgIpc) is 2.99. The highest BCUT2D eigenvalue weighted by molar-refractivity contribution is 7.91. The molecule has 0 saturated carbocycles. The fraction of sp³-hybridized carbons (Fsp3) is 0.333. The van der Waals surface area contributed by atoms with Gasteiger partial charge in [0, 0.05) is 19.1 Å². The van der Waals surface area contributed by atoms with Gasteiger partial charge in [0.25, 0.3) is 0 Å². The molecule has 1 heterocycles. The van der Waals surface area contributed by atoms with Gasteiger partial charge in [0.05, 0.1) is 4.90 Å². The molecule has 23 heavy (non-hydrogen) atoms. The first kappa shape index (κ1) is 16.2. The van der Waals surface area contributed by atoms with Crippen LogP contribution >= 0.6 is 0 Å². The van der Waals surface area contributed by atoms with Crippen LogP contribution in [0.1, 0.15) is 17.2 Å². The maximum absolute atomic E-state index is 13.1. The molecule has 2 atom stereocenters. The number of nitrogens with zero attached hydrogens (tertiary/aromatic N) is 1. The minimum Gasteiger partial charge on any atom is -0.326 e. The van der Waals surface area contributed by atoms with E-state index in [1.165, 1.54) is 0 Å². The summed E-state index contributed by atoms with van der Waals surface area (Å²) in [5.41, 5.74) is 6.80. The molecule has 1 fully saturated rings. The Bertz CT molecular complexity index is 732. The van der Waals surface area contributed by atoms with Crippen molar-refractivity contribution in [2.45, 2.75) is 22.6 Å². The molecule has 0 bridgehead atoms. The summed E-state index contributed by atoms with van der Waals surface area (Å²) < 4.78 is 26.3.